The molecule has 0 fully saturated rings. The Hall–Kier alpha value is -2.53. The minimum atomic E-state index is -0.124. The van der Waals surface area contributed by atoms with Gasteiger partial charge >= 0.3 is 0 Å². The van der Waals surface area contributed by atoms with E-state index in [2.05, 4.69) is 22.2 Å². The van der Waals surface area contributed by atoms with Crippen LogP contribution < -0.4 is 4.74 Å². The van der Waals surface area contributed by atoms with Gasteiger partial charge in [0, 0.05) is 21.0 Å². The van der Waals surface area contributed by atoms with Crippen molar-refractivity contribution in [3.63, 3.8) is 0 Å². The maximum Gasteiger partial charge on any atom is 0.137 e. The van der Waals surface area contributed by atoms with Gasteiger partial charge in [0.1, 0.15) is 18.4 Å². The van der Waals surface area contributed by atoms with Crippen molar-refractivity contribution in [3.05, 3.63) is 111 Å². The van der Waals surface area contributed by atoms with E-state index < -0.39 is 0 Å². The van der Waals surface area contributed by atoms with Crippen LogP contribution in [0.25, 0.3) is 0 Å². The van der Waals surface area contributed by atoms with Gasteiger partial charge in [0.25, 0.3) is 0 Å². The first-order valence-electron chi connectivity index (χ1n) is 9.72. The van der Waals surface area contributed by atoms with E-state index in [1.54, 1.807) is 25.8 Å². The van der Waals surface area contributed by atoms with Crippen molar-refractivity contribution in [1.29, 1.82) is 0 Å². The van der Waals surface area contributed by atoms with Gasteiger partial charge in [-0.25, -0.2) is 9.67 Å². The first-order valence-corrected chi connectivity index (χ1v) is 10.9. The number of ether oxygens (including phenoxy) is 1. The predicted octanol–water partition coefficient (Wildman–Crippen LogP) is 6.86. The van der Waals surface area contributed by atoms with Crippen molar-refractivity contribution in [2.45, 2.75) is 18.4 Å². The third-order valence-corrected chi connectivity index (χ3v) is 6.15. The normalized spacial score (nSPS) is 13.0. The molecule has 0 aliphatic carbocycles. The lowest BCUT2D eigenvalue weighted by atomic mass is 9.82. The molecule has 0 spiro atoms. The molecule has 4 aromatic rings. The Morgan fingerprint density at radius 3 is 2.16 bits per heavy atom. The predicted molar refractivity (Wildman–Crippen MR) is 126 cm³/mol. The zero-order valence-corrected chi connectivity index (χ0v) is 19.0. The fourth-order valence-electron chi connectivity index (χ4n) is 3.78. The van der Waals surface area contributed by atoms with E-state index in [0.29, 0.717) is 21.5 Å². The molecule has 0 aliphatic heterocycles. The summed E-state index contributed by atoms with van der Waals surface area (Å²) in [7, 11) is 1.66. The number of halogens is 3. The van der Waals surface area contributed by atoms with Crippen LogP contribution in [-0.4, -0.2) is 21.9 Å². The van der Waals surface area contributed by atoms with Crippen LogP contribution in [0.15, 0.2) is 79.4 Å². The third kappa shape index (κ3) is 5.04. The molecule has 0 bridgehead atoms. The van der Waals surface area contributed by atoms with Crippen molar-refractivity contribution < 1.29 is 4.74 Å². The van der Waals surface area contributed by atoms with Gasteiger partial charge in [-0.1, -0.05) is 65.1 Å². The zero-order chi connectivity index (χ0) is 21.8. The Kier molecular flexibility index (Phi) is 6.81. The van der Waals surface area contributed by atoms with Gasteiger partial charge in [0.05, 0.1) is 13.2 Å². The summed E-state index contributed by atoms with van der Waals surface area (Å²) in [6.45, 7) is 0. The summed E-state index contributed by atoms with van der Waals surface area (Å²) in [6.07, 6.45) is 3.96. The molecule has 0 saturated heterocycles. The SMILES string of the molecule is COc1ccc(C(C(Cc2ccc(Cl)cc2Cl)c2ccc(Cl)cc2)n2cncn2)cc1. The molecule has 4 nitrogen and oxygen atoms in total. The summed E-state index contributed by atoms with van der Waals surface area (Å²) < 4.78 is 7.22. The second-order valence-electron chi connectivity index (χ2n) is 7.19. The highest BCUT2D eigenvalue weighted by molar-refractivity contribution is 6.35. The smallest absolute Gasteiger partial charge is 0.137 e. The lowest BCUT2D eigenvalue weighted by molar-refractivity contribution is 0.411. The minimum Gasteiger partial charge on any atom is -0.497 e. The van der Waals surface area contributed by atoms with Gasteiger partial charge in [0.2, 0.25) is 0 Å². The molecule has 158 valence electrons. The lowest BCUT2D eigenvalue weighted by Gasteiger charge is -2.29. The van der Waals surface area contributed by atoms with Gasteiger partial charge in [-0.2, -0.15) is 5.10 Å². The van der Waals surface area contributed by atoms with Crippen molar-refractivity contribution in [2.75, 3.05) is 7.11 Å². The Bertz CT molecular complexity index is 1130. The standard InChI is InChI=1S/C24H20Cl3N3O/c1-31-21-10-5-17(6-11-21)24(30-15-28-14-29-30)22(16-2-7-19(25)8-3-16)12-18-4-9-20(26)13-23(18)27/h2-11,13-15,22,24H,12H2,1H3. The summed E-state index contributed by atoms with van der Waals surface area (Å²) in [4.78, 5) is 4.19. The number of nitrogens with zero attached hydrogens (tertiary/aromatic N) is 3. The van der Waals surface area contributed by atoms with Crippen molar-refractivity contribution >= 4 is 34.8 Å². The number of rotatable bonds is 7. The number of hydrogen-bond donors (Lipinski definition) is 0. The van der Waals surface area contributed by atoms with Gasteiger partial charge in [-0.15, -0.1) is 0 Å². The molecule has 3 aromatic carbocycles. The van der Waals surface area contributed by atoms with E-state index in [1.165, 1.54) is 0 Å². The van der Waals surface area contributed by atoms with E-state index in [1.807, 2.05) is 53.2 Å². The second-order valence-corrected chi connectivity index (χ2v) is 8.47. The Labute approximate surface area is 196 Å². The monoisotopic (exact) mass is 471 g/mol. The molecule has 0 radical (unpaired) electrons. The molecular formula is C24H20Cl3N3O. The van der Waals surface area contributed by atoms with Gasteiger partial charge in [-0.3, -0.25) is 0 Å². The maximum absolute atomic E-state index is 6.54. The van der Waals surface area contributed by atoms with Crippen molar-refractivity contribution in [2.24, 2.45) is 0 Å². The van der Waals surface area contributed by atoms with E-state index in [0.717, 1.165) is 22.4 Å². The molecule has 1 aromatic heterocycles. The number of methoxy groups -OCH3 is 1. The van der Waals surface area contributed by atoms with Gasteiger partial charge < -0.3 is 4.74 Å². The molecule has 0 saturated carbocycles. The van der Waals surface area contributed by atoms with Crippen LogP contribution >= 0.6 is 34.8 Å². The van der Waals surface area contributed by atoms with E-state index >= 15 is 0 Å². The topological polar surface area (TPSA) is 39.9 Å². The van der Waals surface area contributed by atoms with E-state index in [9.17, 15) is 0 Å². The summed E-state index contributed by atoms with van der Waals surface area (Å²) in [5.74, 6) is 0.802. The van der Waals surface area contributed by atoms with Crippen molar-refractivity contribution in [3.8, 4) is 5.75 Å². The highest BCUT2D eigenvalue weighted by Gasteiger charge is 2.28. The lowest BCUT2D eigenvalue weighted by Crippen LogP contribution is -2.22. The molecule has 2 atom stereocenters. The molecule has 1 heterocycles. The summed E-state index contributed by atoms with van der Waals surface area (Å²) in [5.41, 5.74) is 3.20. The fourth-order valence-corrected chi connectivity index (χ4v) is 4.39. The Morgan fingerprint density at radius 1 is 0.871 bits per heavy atom. The molecule has 7 heteroatoms. The molecule has 2 unspecified atom stereocenters. The summed E-state index contributed by atoms with van der Waals surface area (Å²) >= 11 is 18.8. The summed E-state index contributed by atoms with van der Waals surface area (Å²) in [5, 5.41) is 6.41. The molecular weight excluding hydrogens is 453 g/mol. The third-order valence-electron chi connectivity index (χ3n) is 5.31. The highest BCUT2D eigenvalue weighted by atomic mass is 35.5. The number of aromatic nitrogens is 3. The van der Waals surface area contributed by atoms with Crippen LogP contribution in [0.4, 0.5) is 0 Å². The Balaban J connectivity index is 1.83. The van der Waals surface area contributed by atoms with Crippen LogP contribution in [0.1, 0.15) is 28.7 Å². The van der Waals surface area contributed by atoms with Crippen LogP contribution in [0.5, 0.6) is 5.75 Å². The quantitative estimate of drug-likeness (QED) is 0.295. The van der Waals surface area contributed by atoms with E-state index in [-0.39, 0.29) is 12.0 Å². The first-order chi connectivity index (χ1) is 15.0. The fraction of sp³-hybridized carbons (Fsp3) is 0.167. The molecule has 31 heavy (non-hydrogen) atoms. The van der Waals surface area contributed by atoms with Crippen LogP contribution in [0, 0.1) is 0 Å². The van der Waals surface area contributed by atoms with E-state index in [4.69, 9.17) is 39.5 Å². The Morgan fingerprint density at radius 2 is 1.55 bits per heavy atom. The van der Waals surface area contributed by atoms with Crippen LogP contribution in [0.3, 0.4) is 0 Å². The van der Waals surface area contributed by atoms with Crippen LogP contribution in [0.2, 0.25) is 15.1 Å². The number of benzene rings is 3. The largest absolute Gasteiger partial charge is 0.497 e. The highest BCUT2D eigenvalue weighted by Crippen LogP contribution is 2.39. The van der Waals surface area contributed by atoms with Crippen molar-refractivity contribution in [1.82, 2.24) is 14.8 Å². The minimum absolute atomic E-state index is 0.00559. The van der Waals surface area contributed by atoms with Crippen LogP contribution in [-0.2, 0) is 6.42 Å². The van der Waals surface area contributed by atoms with Gasteiger partial charge in [-0.05, 0) is 59.5 Å². The van der Waals surface area contributed by atoms with Gasteiger partial charge in [0.15, 0.2) is 0 Å². The average Bonchev–Trinajstić information content (AvgIpc) is 3.30. The molecule has 0 N–H and O–H groups in total. The zero-order valence-electron chi connectivity index (χ0n) is 16.8. The number of hydrogen-bond acceptors (Lipinski definition) is 3. The second kappa shape index (κ2) is 9.73. The maximum atomic E-state index is 6.54. The molecule has 0 amide bonds. The first kappa shape index (κ1) is 21.7. The molecule has 0 aliphatic rings. The summed E-state index contributed by atoms with van der Waals surface area (Å²) in [6, 6.07) is 21.4. The molecule has 4 rings (SSSR count). The average molecular weight is 473 g/mol.